The number of primary amides is 1. The number of aliphatic hydroxyl groups is 3. The number of allylic oxidation sites excluding steroid dienone is 1. The van der Waals surface area contributed by atoms with E-state index < -0.39 is 85.1 Å². The molecule has 0 spiro atoms. The first-order valence-electron chi connectivity index (χ1n) is 13.3. The molecule has 2 aromatic rings. The van der Waals surface area contributed by atoms with Crippen LogP contribution in [0, 0.1) is 0 Å². The Hall–Kier alpha value is -3.31. The van der Waals surface area contributed by atoms with E-state index in [1.165, 1.54) is 18.5 Å². The second-order valence-corrected chi connectivity index (χ2v) is 14.4. The van der Waals surface area contributed by atoms with Gasteiger partial charge in [-0.2, -0.15) is 4.31 Å². The first kappa shape index (κ1) is 36.0. The summed E-state index contributed by atoms with van der Waals surface area (Å²) in [5.74, 6) is -1.93. The van der Waals surface area contributed by atoms with Gasteiger partial charge < -0.3 is 55.8 Å². The van der Waals surface area contributed by atoms with E-state index >= 15 is 0 Å². The molecule has 24 nitrogen and oxygen atoms in total. The summed E-state index contributed by atoms with van der Waals surface area (Å²) in [5, 5.41) is 31.4. The number of amides is 1. The van der Waals surface area contributed by atoms with Crippen molar-refractivity contribution in [1.29, 1.82) is 0 Å². The molecule has 3 aliphatic rings. The van der Waals surface area contributed by atoms with E-state index in [0.717, 1.165) is 22.1 Å². The van der Waals surface area contributed by atoms with E-state index in [2.05, 4.69) is 28.3 Å². The van der Waals surface area contributed by atoms with Crippen LogP contribution in [-0.2, 0) is 45.8 Å². The largest absolute Gasteiger partial charge is 0.505 e. The highest BCUT2D eigenvalue weighted by atomic mass is 31.3. The van der Waals surface area contributed by atoms with Crippen molar-refractivity contribution < 1.29 is 80.7 Å². The van der Waals surface area contributed by atoms with E-state index in [1.54, 1.807) is 0 Å². The van der Waals surface area contributed by atoms with Crippen LogP contribution < -0.4 is 11.5 Å². The Balaban J connectivity index is 1.20. The van der Waals surface area contributed by atoms with Gasteiger partial charge in [0.15, 0.2) is 35.7 Å². The molecule has 5 heterocycles. The van der Waals surface area contributed by atoms with Crippen molar-refractivity contribution in [1.82, 2.24) is 24.4 Å². The Bertz CT molecular complexity index is 1810. The lowest BCUT2D eigenvalue weighted by atomic mass is 10.1. The van der Waals surface area contributed by atoms with E-state index in [1.807, 2.05) is 0 Å². The second kappa shape index (κ2) is 13.5. The Morgan fingerprint density at radius 2 is 1.71 bits per heavy atom. The minimum Gasteiger partial charge on any atom is -0.505 e. The Kier molecular flexibility index (Phi) is 10.1. The number of carbonyl (C=O) groups is 1. The van der Waals surface area contributed by atoms with Crippen LogP contribution in [-0.4, -0.2) is 109 Å². The molecule has 1 saturated heterocycles. The van der Waals surface area contributed by atoms with Gasteiger partial charge in [-0.1, -0.05) is 6.08 Å². The van der Waals surface area contributed by atoms with Crippen LogP contribution in [0.1, 0.15) is 12.6 Å². The number of aromatic nitrogens is 4. The molecular weight excluding hydrogens is 715 g/mol. The molecule has 1 amide bonds. The van der Waals surface area contributed by atoms with Gasteiger partial charge in [0.2, 0.25) is 11.8 Å². The lowest BCUT2D eigenvalue weighted by molar-refractivity contribution is -0.114. The summed E-state index contributed by atoms with van der Waals surface area (Å²) in [6.07, 6.45) is -3.97. The van der Waals surface area contributed by atoms with E-state index in [4.69, 9.17) is 25.5 Å². The fourth-order valence-corrected chi connectivity index (χ4v) is 7.29. The summed E-state index contributed by atoms with van der Waals surface area (Å²) in [6.45, 7) is -2.07. The van der Waals surface area contributed by atoms with Crippen molar-refractivity contribution >= 4 is 46.4 Å². The molecule has 0 aliphatic carbocycles. The van der Waals surface area contributed by atoms with Gasteiger partial charge in [-0.05, 0) is 6.42 Å². The zero-order chi connectivity index (χ0) is 35.2. The summed E-state index contributed by atoms with van der Waals surface area (Å²) < 4.78 is 67.0. The maximum atomic E-state index is 12.6. The number of phosphoric ester groups is 3. The lowest BCUT2D eigenvalue weighted by Crippen LogP contribution is -2.35. The number of nitrogens with two attached hydrogens (primary N) is 2. The van der Waals surface area contributed by atoms with Gasteiger partial charge in [-0.25, -0.2) is 28.6 Å². The normalized spacial score (nSPS) is 28.7. The fourth-order valence-electron chi connectivity index (χ4n) is 4.66. The number of nitrogens with zero attached hydrogens (tertiary/aromatic N) is 5. The number of hydrogen-bond donors (Lipinski definition) is 9. The summed E-state index contributed by atoms with van der Waals surface area (Å²) >= 11 is 0. The molecule has 0 aromatic carbocycles. The fraction of sp³-hybridized carbons (Fsp3) is 0.429. The molecule has 5 rings (SSSR count). The summed E-state index contributed by atoms with van der Waals surface area (Å²) in [7, 11) is -16.3. The van der Waals surface area contributed by atoms with Crippen molar-refractivity contribution in [2.75, 3.05) is 18.9 Å². The smallest absolute Gasteiger partial charge is 0.481 e. The molecule has 0 bridgehead atoms. The summed E-state index contributed by atoms with van der Waals surface area (Å²) in [6, 6.07) is 0. The highest BCUT2D eigenvalue weighted by Gasteiger charge is 2.50. The molecule has 2 aromatic heterocycles. The molecule has 2 unspecified atom stereocenters. The maximum Gasteiger partial charge on any atom is 0.481 e. The number of fused-ring (bicyclic) bond motifs is 1. The Labute approximate surface area is 267 Å². The zero-order valence-electron chi connectivity index (χ0n) is 23.9. The van der Waals surface area contributed by atoms with Gasteiger partial charge in [-0.3, -0.25) is 27.8 Å². The highest BCUT2D eigenvalue weighted by molar-refractivity contribution is 7.61. The molecule has 0 radical (unpaired) electrons. The molecular formula is C21H28N7O17P3. The van der Waals surface area contributed by atoms with Crippen LogP contribution in [0.3, 0.4) is 0 Å². The molecule has 264 valence electrons. The van der Waals surface area contributed by atoms with Crippen molar-refractivity contribution in [3.8, 4) is 0 Å². The number of phosphoric acid groups is 3. The van der Waals surface area contributed by atoms with Crippen molar-refractivity contribution in [3.05, 3.63) is 48.3 Å². The number of nitrogen functional groups attached to an aromatic ring is 1. The van der Waals surface area contributed by atoms with E-state index in [9.17, 15) is 53.4 Å². The SMILES string of the molecule is NC(=O)C1=CN(C2=C(O)[C@H](O)[C@@H](COP(=O)(O)OP(=O)(O)OC[C@H]3O[C@@H](n4cnc5c(N)ncnc54)[C@H](OP(=O)(O)O)[C@@H]3O)O2)C=CC1. The third kappa shape index (κ3) is 7.94. The van der Waals surface area contributed by atoms with Crippen LogP contribution in [0.5, 0.6) is 0 Å². The topological polar surface area (TPSA) is 364 Å². The third-order valence-corrected chi connectivity index (χ3v) is 9.93. The predicted octanol–water partition coefficient (Wildman–Crippen LogP) is -1.53. The number of rotatable bonds is 13. The second-order valence-electron chi connectivity index (χ2n) is 10.1. The van der Waals surface area contributed by atoms with E-state index in [0.29, 0.717) is 0 Å². The predicted molar refractivity (Wildman–Crippen MR) is 153 cm³/mol. The third-order valence-electron chi connectivity index (χ3n) is 6.81. The van der Waals surface area contributed by atoms with Crippen molar-refractivity contribution in [3.63, 3.8) is 0 Å². The summed E-state index contributed by atoms with van der Waals surface area (Å²) in [4.78, 5) is 63.3. The van der Waals surface area contributed by atoms with Crippen molar-refractivity contribution in [2.24, 2.45) is 5.73 Å². The average Bonchev–Trinajstić information content (AvgIpc) is 3.64. The minimum absolute atomic E-state index is 0.00128. The van der Waals surface area contributed by atoms with Gasteiger partial charge in [0.05, 0.1) is 19.5 Å². The standard InChI is InChI=1S/C21H28N7O17P3/c22-17-12-19(25-7-24-17)28(8-26-12)21-16(44-46(33,34)35)14(30)11(43-21)6-41-48(38,39)45-47(36,37)40-5-10-13(29)15(31)20(42-10)27-3-1-2-9(4-27)18(23)32/h1,3-4,7-8,10-11,13-14,16,21,29-31H,2,5-6H2,(H2,23,32)(H,36,37)(H,38,39)(H2,22,24,25)(H2,33,34,35)/t10-,11-,13-,14-,16-,21-/m1/s1. The molecule has 48 heavy (non-hydrogen) atoms. The minimum atomic E-state index is -5.53. The zero-order valence-corrected chi connectivity index (χ0v) is 26.6. The summed E-state index contributed by atoms with van der Waals surface area (Å²) in [5.41, 5.74) is 11.2. The monoisotopic (exact) mass is 743 g/mol. The Morgan fingerprint density at radius 1 is 1.04 bits per heavy atom. The quantitative estimate of drug-likeness (QED) is 0.105. The number of hydrogen-bond acceptors (Lipinski definition) is 18. The number of anilines is 1. The molecule has 0 saturated carbocycles. The number of ether oxygens (including phenoxy) is 2. The van der Waals surface area contributed by atoms with Crippen LogP contribution in [0.2, 0.25) is 0 Å². The lowest BCUT2D eigenvalue weighted by Gasteiger charge is -2.23. The first-order valence-corrected chi connectivity index (χ1v) is 17.8. The molecule has 8 atom stereocenters. The van der Waals surface area contributed by atoms with Crippen LogP contribution in [0.15, 0.2) is 48.3 Å². The number of aliphatic hydroxyl groups excluding tert-OH is 3. The van der Waals surface area contributed by atoms with Gasteiger partial charge in [0, 0.05) is 18.0 Å². The first-order chi connectivity index (χ1) is 22.4. The van der Waals surface area contributed by atoms with Gasteiger partial charge >= 0.3 is 23.5 Å². The molecule has 27 heteroatoms. The van der Waals surface area contributed by atoms with Crippen molar-refractivity contribution in [2.45, 2.75) is 43.2 Å². The van der Waals surface area contributed by atoms with Gasteiger partial charge in [0.25, 0.3) is 0 Å². The number of carbonyl (C=O) groups excluding carboxylic acids is 1. The van der Waals surface area contributed by atoms with Crippen LogP contribution in [0.4, 0.5) is 5.82 Å². The molecule has 3 aliphatic heterocycles. The molecule has 1 fully saturated rings. The molecule has 11 N–H and O–H groups in total. The van der Waals surface area contributed by atoms with Gasteiger partial charge in [-0.15, -0.1) is 0 Å². The van der Waals surface area contributed by atoms with Gasteiger partial charge in [0.1, 0.15) is 30.2 Å². The Morgan fingerprint density at radius 3 is 2.35 bits per heavy atom. The van der Waals surface area contributed by atoms with Crippen LogP contribution in [0.25, 0.3) is 11.2 Å². The average molecular weight is 743 g/mol. The highest BCUT2D eigenvalue weighted by Crippen LogP contribution is 2.61. The number of imidazole rings is 1. The maximum absolute atomic E-state index is 12.6. The van der Waals surface area contributed by atoms with E-state index in [-0.39, 0.29) is 34.9 Å². The van der Waals surface area contributed by atoms with Crippen LogP contribution >= 0.6 is 23.5 Å².